The summed E-state index contributed by atoms with van der Waals surface area (Å²) in [4.78, 5) is 44.9. The topological polar surface area (TPSA) is 100 Å². The summed E-state index contributed by atoms with van der Waals surface area (Å²) in [6.45, 7) is 1.14. The second-order valence-corrected chi connectivity index (χ2v) is 8.21. The monoisotopic (exact) mass is 429 g/mol. The number of nitrogens with one attached hydrogen (secondary N) is 2. The number of fused-ring (bicyclic) bond motifs is 1. The first-order valence-corrected chi connectivity index (χ1v) is 10.2. The molecule has 0 unspecified atom stereocenters. The first kappa shape index (κ1) is 20.0. The Bertz CT molecular complexity index is 1290. The summed E-state index contributed by atoms with van der Waals surface area (Å²) in [5.41, 5.74) is 1.43. The molecule has 1 aliphatic rings. The SMILES string of the molecule is CNC(=O)c1ccc(N2CC=C(Cc3cc4[nH]c(=O)n(C)c(=O)c4s3)CC2)c(F)n1. The predicted octanol–water partition coefficient (Wildman–Crippen LogP) is 1.56. The quantitative estimate of drug-likeness (QED) is 0.484. The summed E-state index contributed by atoms with van der Waals surface area (Å²) in [5, 5.41) is 2.42. The molecule has 3 aromatic heterocycles. The van der Waals surface area contributed by atoms with E-state index >= 15 is 0 Å². The van der Waals surface area contributed by atoms with Crippen molar-refractivity contribution in [3.8, 4) is 0 Å². The summed E-state index contributed by atoms with van der Waals surface area (Å²) >= 11 is 1.38. The smallest absolute Gasteiger partial charge is 0.328 e. The van der Waals surface area contributed by atoms with Crippen molar-refractivity contribution in [1.82, 2.24) is 19.9 Å². The summed E-state index contributed by atoms with van der Waals surface area (Å²) < 4.78 is 16.0. The van der Waals surface area contributed by atoms with Gasteiger partial charge in [0.2, 0.25) is 5.95 Å². The molecule has 30 heavy (non-hydrogen) atoms. The minimum atomic E-state index is -0.669. The van der Waals surface area contributed by atoms with Gasteiger partial charge in [0, 0.05) is 38.5 Å². The molecule has 0 spiro atoms. The molecule has 1 aliphatic heterocycles. The minimum Gasteiger partial charge on any atom is -0.364 e. The number of pyridine rings is 1. The Morgan fingerprint density at radius 3 is 2.83 bits per heavy atom. The molecular formula is C20H20FN5O3S. The van der Waals surface area contributed by atoms with Crippen molar-refractivity contribution in [1.29, 1.82) is 0 Å². The zero-order chi connectivity index (χ0) is 21.4. The number of carbonyl (C=O) groups excluding carboxylic acids is 1. The van der Waals surface area contributed by atoms with Gasteiger partial charge in [-0.1, -0.05) is 11.6 Å². The molecule has 8 nitrogen and oxygen atoms in total. The lowest BCUT2D eigenvalue weighted by atomic mass is 10.0. The number of nitrogens with zero attached hydrogens (tertiary/aromatic N) is 3. The molecule has 0 bridgehead atoms. The van der Waals surface area contributed by atoms with Crippen molar-refractivity contribution >= 4 is 33.1 Å². The Kier molecular flexibility index (Phi) is 5.25. The zero-order valence-electron chi connectivity index (χ0n) is 16.5. The number of thiophene rings is 1. The van der Waals surface area contributed by atoms with Gasteiger partial charge in [-0.2, -0.15) is 4.39 Å². The third kappa shape index (κ3) is 3.65. The predicted molar refractivity (Wildman–Crippen MR) is 114 cm³/mol. The van der Waals surface area contributed by atoms with Crippen molar-refractivity contribution in [3.63, 3.8) is 0 Å². The molecule has 0 saturated carbocycles. The first-order valence-electron chi connectivity index (χ1n) is 9.40. The minimum absolute atomic E-state index is 0.0425. The fraction of sp³-hybridized carbons (Fsp3) is 0.300. The molecule has 0 fully saturated rings. The molecule has 0 aliphatic carbocycles. The highest BCUT2D eigenvalue weighted by Crippen LogP contribution is 2.27. The molecule has 0 aromatic carbocycles. The van der Waals surface area contributed by atoms with E-state index in [9.17, 15) is 18.8 Å². The Labute approximate surface area is 174 Å². The fourth-order valence-corrected chi connectivity index (χ4v) is 4.60. The number of halogens is 1. The second-order valence-electron chi connectivity index (χ2n) is 7.07. The van der Waals surface area contributed by atoms with Crippen LogP contribution in [0.3, 0.4) is 0 Å². The average molecular weight is 429 g/mol. The van der Waals surface area contributed by atoms with Gasteiger partial charge in [0.15, 0.2) is 0 Å². The Morgan fingerprint density at radius 1 is 1.37 bits per heavy atom. The Balaban J connectivity index is 1.50. The van der Waals surface area contributed by atoms with Crippen LogP contribution in [-0.4, -0.2) is 40.6 Å². The molecule has 0 atom stereocenters. The van der Waals surface area contributed by atoms with E-state index < -0.39 is 17.5 Å². The number of hydrogen-bond donors (Lipinski definition) is 2. The lowest BCUT2D eigenvalue weighted by Gasteiger charge is -2.28. The van der Waals surface area contributed by atoms with Gasteiger partial charge < -0.3 is 15.2 Å². The van der Waals surface area contributed by atoms with E-state index in [0.29, 0.717) is 35.4 Å². The number of aromatic amines is 1. The average Bonchev–Trinajstić information content (AvgIpc) is 3.14. The van der Waals surface area contributed by atoms with Gasteiger partial charge in [0.1, 0.15) is 10.4 Å². The van der Waals surface area contributed by atoms with Crippen LogP contribution >= 0.6 is 11.3 Å². The van der Waals surface area contributed by atoms with E-state index in [2.05, 4.69) is 15.3 Å². The number of anilines is 1. The molecule has 4 rings (SSSR count). The number of carbonyl (C=O) groups is 1. The molecule has 10 heteroatoms. The van der Waals surface area contributed by atoms with Crippen molar-refractivity contribution in [2.75, 3.05) is 25.0 Å². The highest BCUT2D eigenvalue weighted by Gasteiger charge is 2.19. The van der Waals surface area contributed by atoms with Gasteiger partial charge in [-0.3, -0.25) is 14.2 Å². The van der Waals surface area contributed by atoms with Crippen molar-refractivity contribution in [2.45, 2.75) is 12.8 Å². The zero-order valence-corrected chi connectivity index (χ0v) is 17.3. The van der Waals surface area contributed by atoms with Crippen LogP contribution in [0.4, 0.5) is 10.1 Å². The maximum absolute atomic E-state index is 14.4. The van der Waals surface area contributed by atoms with Crippen molar-refractivity contribution in [2.24, 2.45) is 7.05 Å². The number of aromatic nitrogens is 3. The Hall–Kier alpha value is -3.27. The number of rotatable bonds is 4. The molecule has 3 aromatic rings. The summed E-state index contributed by atoms with van der Waals surface area (Å²) in [7, 11) is 2.92. The largest absolute Gasteiger partial charge is 0.364 e. The molecule has 4 heterocycles. The van der Waals surface area contributed by atoms with Crippen LogP contribution in [0.15, 0.2) is 39.4 Å². The summed E-state index contributed by atoms with van der Waals surface area (Å²) in [6, 6.07) is 4.93. The van der Waals surface area contributed by atoms with Gasteiger partial charge in [-0.15, -0.1) is 11.3 Å². The maximum atomic E-state index is 14.4. The number of hydrogen-bond acceptors (Lipinski definition) is 6. The normalized spacial score (nSPS) is 14.1. The standard InChI is InChI=1S/C20H20FN5O3S/c1-22-18(27)13-3-4-15(17(21)23-13)26-7-5-11(6-8-26)9-12-10-14-16(30-12)19(28)25(2)20(29)24-14/h3-5,10H,6-9H2,1-2H3,(H,22,27)(H,24,29). The number of amides is 1. The molecule has 0 radical (unpaired) electrons. The van der Waals surface area contributed by atoms with E-state index in [1.54, 1.807) is 6.07 Å². The highest BCUT2D eigenvalue weighted by atomic mass is 32.1. The molecule has 156 valence electrons. The van der Waals surface area contributed by atoms with Crippen LogP contribution in [0.1, 0.15) is 21.8 Å². The van der Waals surface area contributed by atoms with Crippen LogP contribution in [0.25, 0.3) is 10.2 Å². The second kappa shape index (κ2) is 7.86. The van der Waals surface area contributed by atoms with E-state index in [0.717, 1.165) is 15.9 Å². The van der Waals surface area contributed by atoms with E-state index in [1.807, 2.05) is 17.0 Å². The molecule has 2 N–H and O–H groups in total. The first-order chi connectivity index (χ1) is 14.4. The summed E-state index contributed by atoms with van der Waals surface area (Å²) in [5.74, 6) is -1.10. The van der Waals surface area contributed by atoms with Gasteiger partial charge in [0.05, 0.1) is 11.2 Å². The lowest BCUT2D eigenvalue weighted by Crippen LogP contribution is -2.31. The van der Waals surface area contributed by atoms with E-state index in [1.165, 1.54) is 37.1 Å². The number of H-pyrrole nitrogens is 1. The van der Waals surface area contributed by atoms with Crippen molar-refractivity contribution in [3.05, 3.63) is 67.2 Å². The van der Waals surface area contributed by atoms with E-state index in [-0.39, 0.29) is 11.3 Å². The van der Waals surface area contributed by atoms with Crippen LogP contribution in [0, 0.1) is 5.95 Å². The van der Waals surface area contributed by atoms with Crippen molar-refractivity contribution < 1.29 is 9.18 Å². The molecular weight excluding hydrogens is 409 g/mol. The third-order valence-electron chi connectivity index (χ3n) is 5.16. The van der Waals surface area contributed by atoms with Gasteiger partial charge in [-0.05, 0) is 24.6 Å². The van der Waals surface area contributed by atoms with E-state index in [4.69, 9.17) is 0 Å². The summed E-state index contributed by atoms with van der Waals surface area (Å²) in [6.07, 6.45) is 3.45. The maximum Gasteiger partial charge on any atom is 0.328 e. The third-order valence-corrected chi connectivity index (χ3v) is 6.29. The van der Waals surface area contributed by atoms with Gasteiger partial charge >= 0.3 is 5.69 Å². The van der Waals surface area contributed by atoms with Crippen LogP contribution in [0.2, 0.25) is 0 Å². The molecule has 0 saturated heterocycles. The van der Waals surface area contributed by atoms with Crippen LogP contribution in [-0.2, 0) is 13.5 Å². The highest BCUT2D eigenvalue weighted by molar-refractivity contribution is 7.18. The van der Waals surface area contributed by atoms with Crippen LogP contribution < -0.4 is 21.5 Å². The van der Waals surface area contributed by atoms with Crippen LogP contribution in [0.5, 0.6) is 0 Å². The van der Waals surface area contributed by atoms with Gasteiger partial charge in [-0.25, -0.2) is 9.78 Å². The molecule has 1 amide bonds. The Morgan fingerprint density at radius 2 is 2.17 bits per heavy atom. The van der Waals surface area contributed by atoms with Gasteiger partial charge in [0.25, 0.3) is 11.5 Å². The fourth-order valence-electron chi connectivity index (χ4n) is 3.46. The lowest BCUT2D eigenvalue weighted by molar-refractivity contribution is 0.0957.